The average Bonchev–Trinajstić information content (AvgIpc) is 2.16. The van der Waals surface area contributed by atoms with E-state index in [9.17, 15) is 9.59 Å². The second kappa shape index (κ2) is 5.30. The number of rotatable bonds is 5. The molecule has 0 spiro atoms. The van der Waals surface area contributed by atoms with Crippen LogP contribution in [0.4, 0.5) is 0 Å². The fraction of sp³-hybridized carbons (Fsp3) is 0.818. The maximum Gasteiger partial charge on any atom is 0.329 e. The van der Waals surface area contributed by atoms with Crippen molar-refractivity contribution in [2.24, 2.45) is 11.7 Å². The maximum absolute atomic E-state index is 12.0. The van der Waals surface area contributed by atoms with E-state index in [0.717, 1.165) is 0 Å². The Morgan fingerprint density at radius 1 is 1.38 bits per heavy atom. The lowest BCUT2D eigenvalue weighted by Gasteiger charge is -2.36. The summed E-state index contributed by atoms with van der Waals surface area (Å²) in [7, 11) is 0. The van der Waals surface area contributed by atoms with Crippen LogP contribution in [-0.2, 0) is 9.59 Å². The summed E-state index contributed by atoms with van der Waals surface area (Å²) in [6, 6.07) is -0.654. The number of aliphatic carboxylic acids is 1. The highest BCUT2D eigenvalue weighted by Crippen LogP contribution is 2.17. The highest BCUT2D eigenvalue weighted by Gasteiger charge is 2.39. The van der Waals surface area contributed by atoms with Gasteiger partial charge >= 0.3 is 5.97 Å². The third kappa shape index (κ3) is 2.95. The summed E-state index contributed by atoms with van der Waals surface area (Å²) in [6.07, 6.45) is 0. The van der Waals surface area contributed by atoms with Crippen molar-refractivity contribution in [2.75, 3.05) is 6.54 Å². The minimum Gasteiger partial charge on any atom is -0.480 e. The van der Waals surface area contributed by atoms with E-state index in [2.05, 4.69) is 0 Å². The van der Waals surface area contributed by atoms with Crippen LogP contribution in [0.5, 0.6) is 0 Å². The van der Waals surface area contributed by atoms with E-state index < -0.39 is 17.6 Å². The van der Waals surface area contributed by atoms with Gasteiger partial charge in [0.1, 0.15) is 5.54 Å². The first-order valence-electron chi connectivity index (χ1n) is 5.46. The topological polar surface area (TPSA) is 83.6 Å². The lowest BCUT2D eigenvalue weighted by atomic mass is 9.98. The van der Waals surface area contributed by atoms with Gasteiger partial charge in [-0.15, -0.1) is 0 Å². The molecule has 0 heterocycles. The zero-order valence-electron chi connectivity index (χ0n) is 10.7. The predicted octanol–water partition coefficient (Wildman–Crippen LogP) is 0.681. The monoisotopic (exact) mass is 230 g/mol. The smallest absolute Gasteiger partial charge is 0.329 e. The molecule has 0 aromatic rings. The molecule has 94 valence electrons. The van der Waals surface area contributed by atoms with Crippen molar-refractivity contribution >= 4 is 11.9 Å². The van der Waals surface area contributed by atoms with Crippen molar-refractivity contribution in [1.82, 2.24) is 4.90 Å². The van der Waals surface area contributed by atoms with Crippen molar-refractivity contribution in [2.45, 2.75) is 46.2 Å². The minimum absolute atomic E-state index is 0.00820. The molecule has 0 radical (unpaired) electrons. The van der Waals surface area contributed by atoms with Gasteiger partial charge in [0.05, 0.1) is 6.04 Å². The van der Waals surface area contributed by atoms with Gasteiger partial charge in [0.25, 0.3) is 0 Å². The van der Waals surface area contributed by atoms with Gasteiger partial charge in [-0.2, -0.15) is 0 Å². The van der Waals surface area contributed by atoms with Gasteiger partial charge in [0.15, 0.2) is 0 Å². The molecule has 0 aliphatic carbocycles. The van der Waals surface area contributed by atoms with Crippen LogP contribution < -0.4 is 5.73 Å². The number of carboxylic acid groups (broad SMARTS) is 1. The standard InChI is InChI=1S/C11H22N2O3/c1-6-13(11(4,5)10(15)16)9(14)8(12)7(2)3/h7-8H,6,12H2,1-5H3,(H,15,16)/t8-/m0/s1. The van der Waals surface area contributed by atoms with Crippen molar-refractivity contribution in [3.63, 3.8) is 0 Å². The number of carbonyl (C=O) groups is 2. The van der Waals surface area contributed by atoms with Crippen molar-refractivity contribution in [3.8, 4) is 0 Å². The van der Waals surface area contributed by atoms with Gasteiger partial charge in [-0.25, -0.2) is 4.79 Å². The largest absolute Gasteiger partial charge is 0.480 e. The predicted molar refractivity (Wildman–Crippen MR) is 61.9 cm³/mol. The normalized spacial score (nSPS) is 13.7. The SMILES string of the molecule is CCN(C(=O)[C@@H](N)C(C)C)C(C)(C)C(=O)O. The molecular formula is C11H22N2O3. The summed E-state index contributed by atoms with van der Waals surface area (Å²) in [5, 5.41) is 9.08. The highest BCUT2D eigenvalue weighted by molar-refractivity contribution is 5.89. The van der Waals surface area contributed by atoms with Crippen molar-refractivity contribution in [3.05, 3.63) is 0 Å². The van der Waals surface area contributed by atoms with Gasteiger partial charge in [-0.1, -0.05) is 13.8 Å². The first-order chi connectivity index (χ1) is 7.16. The van der Waals surface area contributed by atoms with Gasteiger partial charge in [-0.3, -0.25) is 4.79 Å². The number of hydrogen-bond donors (Lipinski definition) is 2. The lowest BCUT2D eigenvalue weighted by molar-refractivity contribution is -0.157. The van der Waals surface area contributed by atoms with E-state index in [1.54, 1.807) is 6.92 Å². The number of carbonyl (C=O) groups excluding carboxylic acids is 1. The van der Waals surface area contributed by atoms with Crippen molar-refractivity contribution < 1.29 is 14.7 Å². The Bertz CT molecular complexity index is 274. The molecule has 1 atom stereocenters. The number of carboxylic acids is 1. The molecule has 3 N–H and O–H groups in total. The number of nitrogens with two attached hydrogens (primary N) is 1. The average molecular weight is 230 g/mol. The summed E-state index contributed by atoms with van der Waals surface area (Å²) in [5.41, 5.74) is 4.53. The lowest BCUT2D eigenvalue weighted by Crippen LogP contribution is -2.58. The Morgan fingerprint density at radius 2 is 1.81 bits per heavy atom. The summed E-state index contributed by atoms with van der Waals surface area (Å²) in [6.45, 7) is 8.76. The van der Waals surface area contributed by atoms with Crippen molar-refractivity contribution in [1.29, 1.82) is 0 Å². The minimum atomic E-state index is -1.22. The van der Waals surface area contributed by atoms with Gasteiger partial charge in [-0.05, 0) is 26.7 Å². The van der Waals surface area contributed by atoms with Crippen LogP contribution in [-0.4, -0.2) is 40.0 Å². The van der Waals surface area contributed by atoms with Crippen LogP contribution in [0.25, 0.3) is 0 Å². The van der Waals surface area contributed by atoms with Gasteiger partial charge in [0, 0.05) is 6.54 Å². The zero-order valence-corrected chi connectivity index (χ0v) is 10.7. The van der Waals surface area contributed by atoms with E-state index in [4.69, 9.17) is 10.8 Å². The molecule has 0 saturated heterocycles. The molecule has 5 nitrogen and oxygen atoms in total. The first-order valence-corrected chi connectivity index (χ1v) is 5.46. The Labute approximate surface area is 96.6 Å². The second-order valence-electron chi connectivity index (χ2n) is 4.72. The highest BCUT2D eigenvalue weighted by atomic mass is 16.4. The number of likely N-dealkylation sites (N-methyl/N-ethyl adjacent to an activating group) is 1. The molecule has 5 heteroatoms. The van der Waals surface area contributed by atoms with E-state index in [1.165, 1.54) is 18.7 Å². The van der Waals surface area contributed by atoms with Crippen LogP contribution in [0.15, 0.2) is 0 Å². The fourth-order valence-corrected chi connectivity index (χ4v) is 1.41. The molecule has 0 rings (SSSR count). The molecule has 16 heavy (non-hydrogen) atoms. The number of hydrogen-bond acceptors (Lipinski definition) is 3. The Hall–Kier alpha value is -1.10. The van der Waals surface area contributed by atoms with E-state index in [1.807, 2.05) is 13.8 Å². The summed E-state index contributed by atoms with van der Waals surface area (Å²) in [5.74, 6) is -1.35. The van der Waals surface area contributed by atoms with Crippen LogP contribution in [0.1, 0.15) is 34.6 Å². The molecule has 0 bridgehead atoms. The van der Waals surface area contributed by atoms with Crippen LogP contribution >= 0.6 is 0 Å². The number of amides is 1. The summed E-state index contributed by atoms with van der Waals surface area (Å²) in [4.78, 5) is 24.4. The molecule has 1 amide bonds. The Morgan fingerprint density at radius 3 is 2.06 bits per heavy atom. The number of nitrogens with zero attached hydrogens (tertiary/aromatic N) is 1. The maximum atomic E-state index is 12.0. The molecule has 0 saturated carbocycles. The molecule has 0 aromatic heterocycles. The van der Waals surface area contributed by atoms with E-state index in [0.29, 0.717) is 6.54 Å². The summed E-state index contributed by atoms with van der Waals surface area (Å²) < 4.78 is 0. The molecule has 0 aromatic carbocycles. The molecular weight excluding hydrogens is 208 g/mol. The quantitative estimate of drug-likeness (QED) is 0.727. The fourth-order valence-electron chi connectivity index (χ4n) is 1.41. The van der Waals surface area contributed by atoms with Crippen LogP contribution in [0, 0.1) is 5.92 Å². The third-order valence-electron chi connectivity index (χ3n) is 2.78. The third-order valence-corrected chi connectivity index (χ3v) is 2.78. The molecule has 0 fully saturated rings. The molecule has 0 aliphatic heterocycles. The van der Waals surface area contributed by atoms with Crippen LogP contribution in [0.2, 0.25) is 0 Å². The van der Waals surface area contributed by atoms with E-state index in [-0.39, 0.29) is 11.8 Å². The second-order valence-corrected chi connectivity index (χ2v) is 4.72. The Kier molecular flexibility index (Phi) is 4.93. The van der Waals surface area contributed by atoms with Gasteiger partial charge in [0.2, 0.25) is 5.91 Å². The first kappa shape index (κ1) is 14.9. The van der Waals surface area contributed by atoms with Crippen LogP contribution in [0.3, 0.4) is 0 Å². The molecule has 0 unspecified atom stereocenters. The Balaban J connectivity index is 5.01. The van der Waals surface area contributed by atoms with Gasteiger partial charge < -0.3 is 15.7 Å². The van der Waals surface area contributed by atoms with E-state index >= 15 is 0 Å². The summed E-state index contributed by atoms with van der Waals surface area (Å²) >= 11 is 0. The zero-order chi connectivity index (χ0) is 13.1. The molecule has 0 aliphatic rings.